The normalized spacial score (nSPS) is 9.83. The number of nitrogens with zero attached hydrogens (tertiary/aromatic N) is 3. The Morgan fingerprint density at radius 1 is 1.58 bits per heavy atom. The Morgan fingerprint density at radius 2 is 2.42 bits per heavy atom. The third kappa shape index (κ3) is 2.49. The smallest absolute Gasteiger partial charge is 0.139 e. The molecular weight excluding hydrogens is 150 g/mol. The minimum absolute atomic E-state index is 1.01. The van der Waals surface area contributed by atoms with Crippen LogP contribution in [0.4, 0.5) is 5.69 Å². The molecule has 0 fully saturated rings. The van der Waals surface area contributed by atoms with E-state index in [2.05, 4.69) is 28.2 Å². The second-order valence-corrected chi connectivity index (χ2v) is 2.80. The highest BCUT2D eigenvalue weighted by atomic mass is 15.1. The molecule has 0 aromatic carbocycles. The molecule has 0 unspecified atom stereocenters. The number of anilines is 1. The lowest BCUT2D eigenvalue weighted by molar-refractivity contribution is 0.763. The molecule has 0 bridgehead atoms. The molecule has 1 rings (SSSR count). The SMILES string of the molecule is CCCCN(C)c1[c]nncc1. The van der Waals surface area contributed by atoms with E-state index in [1.807, 2.05) is 13.1 Å². The van der Waals surface area contributed by atoms with Gasteiger partial charge in [0.25, 0.3) is 0 Å². The van der Waals surface area contributed by atoms with E-state index in [4.69, 9.17) is 0 Å². The minimum atomic E-state index is 1.01. The monoisotopic (exact) mass is 164 g/mol. The fourth-order valence-corrected chi connectivity index (χ4v) is 0.983. The van der Waals surface area contributed by atoms with Crippen molar-refractivity contribution in [3.05, 3.63) is 18.5 Å². The number of hydrogen-bond acceptors (Lipinski definition) is 3. The van der Waals surface area contributed by atoms with Gasteiger partial charge < -0.3 is 4.90 Å². The molecule has 0 saturated carbocycles. The van der Waals surface area contributed by atoms with E-state index < -0.39 is 0 Å². The fourth-order valence-electron chi connectivity index (χ4n) is 0.983. The van der Waals surface area contributed by atoms with Crippen LogP contribution in [0.2, 0.25) is 0 Å². The zero-order valence-corrected chi connectivity index (χ0v) is 7.62. The van der Waals surface area contributed by atoms with Gasteiger partial charge in [0.2, 0.25) is 0 Å². The molecule has 12 heavy (non-hydrogen) atoms. The Balaban J connectivity index is 2.48. The zero-order valence-electron chi connectivity index (χ0n) is 7.62. The standard InChI is InChI=1S/C9H14N3/c1-3-4-7-12(2)9-5-6-10-11-8-9/h5-6H,3-4,7H2,1-2H3. The average Bonchev–Trinajstić information content (AvgIpc) is 2.15. The first-order valence-electron chi connectivity index (χ1n) is 4.25. The molecule has 3 heteroatoms. The average molecular weight is 164 g/mol. The highest BCUT2D eigenvalue weighted by molar-refractivity contribution is 5.40. The van der Waals surface area contributed by atoms with E-state index in [0.29, 0.717) is 0 Å². The maximum atomic E-state index is 3.70. The molecule has 3 nitrogen and oxygen atoms in total. The molecule has 0 saturated heterocycles. The third-order valence-corrected chi connectivity index (χ3v) is 1.78. The van der Waals surface area contributed by atoms with Crippen LogP contribution in [0.1, 0.15) is 19.8 Å². The summed E-state index contributed by atoms with van der Waals surface area (Å²) in [5, 5.41) is 7.37. The van der Waals surface area contributed by atoms with Crippen LogP contribution < -0.4 is 4.90 Å². The van der Waals surface area contributed by atoms with Crippen LogP contribution in [0.25, 0.3) is 0 Å². The Kier molecular flexibility index (Phi) is 3.51. The maximum Gasteiger partial charge on any atom is 0.139 e. The van der Waals surface area contributed by atoms with Gasteiger partial charge in [0.15, 0.2) is 0 Å². The zero-order chi connectivity index (χ0) is 8.81. The molecular formula is C9H14N3. The summed E-state index contributed by atoms with van der Waals surface area (Å²) in [6, 6.07) is 1.92. The Bertz CT molecular complexity index is 210. The van der Waals surface area contributed by atoms with Crippen molar-refractivity contribution in [1.29, 1.82) is 0 Å². The lowest BCUT2D eigenvalue weighted by Gasteiger charge is -2.16. The van der Waals surface area contributed by atoms with E-state index in [0.717, 1.165) is 12.2 Å². The molecule has 0 N–H and O–H groups in total. The lowest BCUT2D eigenvalue weighted by atomic mass is 10.3. The van der Waals surface area contributed by atoms with Gasteiger partial charge in [-0.1, -0.05) is 13.3 Å². The van der Waals surface area contributed by atoms with E-state index in [-0.39, 0.29) is 0 Å². The first kappa shape index (κ1) is 8.97. The number of aromatic nitrogens is 2. The summed E-state index contributed by atoms with van der Waals surface area (Å²) in [5.74, 6) is 0. The molecule has 1 aromatic heterocycles. The predicted molar refractivity (Wildman–Crippen MR) is 49.0 cm³/mol. The van der Waals surface area contributed by atoms with Crippen molar-refractivity contribution in [3.8, 4) is 0 Å². The van der Waals surface area contributed by atoms with Gasteiger partial charge in [-0.05, 0) is 12.5 Å². The third-order valence-electron chi connectivity index (χ3n) is 1.78. The minimum Gasteiger partial charge on any atom is -0.373 e. The molecule has 0 amide bonds. The molecule has 65 valence electrons. The lowest BCUT2D eigenvalue weighted by Crippen LogP contribution is -2.18. The van der Waals surface area contributed by atoms with Crippen LogP contribution in [-0.2, 0) is 0 Å². The number of unbranched alkanes of at least 4 members (excludes halogenated alkanes) is 1. The van der Waals surface area contributed by atoms with Gasteiger partial charge in [-0.15, -0.1) is 5.10 Å². The van der Waals surface area contributed by atoms with Gasteiger partial charge in [-0.3, -0.25) is 0 Å². The Morgan fingerprint density at radius 3 is 3.00 bits per heavy atom. The highest BCUT2D eigenvalue weighted by Gasteiger charge is 1.98. The van der Waals surface area contributed by atoms with Gasteiger partial charge >= 0.3 is 0 Å². The van der Waals surface area contributed by atoms with Gasteiger partial charge in [0, 0.05) is 13.6 Å². The van der Waals surface area contributed by atoms with E-state index in [9.17, 15) is 0 Å². The summed E-state index contributed by atoms with van der Waals surface area (Å²) in [7, 11) is 2.04. The quantitative estimate of drug-likeness (QED) is 0.675. The summed E-state index contributed by atoms with van der Waals surface area (Å²) in [6.45, 7) is 3.24. The first-order valence-corrected chi connectivity index (χ1v) is 4.25. The van der Waals surface area contributed by atoms with Gasteiger partial charge in [-0.25, -0.2) is 0 Å². The van der Waals surface area contributed by atoms with Crippen LogP contribution in [0.15, 0.2) is 12.3 Å². The molecule has 0 aliphatic carbocycles. The van der Waals surface area contributed by atoms with Gasteiger partial charge in [0.1, 0.15) is 6.20 Å². The molecule has 0 atom stereocenters. The van der Waals surface area contributed by atoms with Crippen molar-refractivity contribution in [2.45, 2.75) is 19.8 Å². The van der Waals surface area contributed by atoms with Crippen molar-refractivity contribution in [2.24, 2.45) is 0 Å². The molecule has 1 aromatic rings. The second-order valence-electron chi connectivity index (χ2n) is 2.80. The number of hydrogen-bond donors (Lipinski definition) is 0. The van der Waals surface area contributed by atoms with E-state index >= 15 is 0 Å². The second kappa shape index (κ2) is 4.70. The summed E-state index contributed by atoms with van der Waals surface area (Å²) >= 11 is 0. The summed E-state index contributed by atoms with van der Waals surface area (Å²) in [4.78, 5) is 2.14. The van der Waals surface area contributed by atoms with Crippen LogP contribution in [0.3, 0.4) is 0 Å². The molecule has 0 aliphatic rings. The Hall–Kier alpha value is -1.12. The van der Waals surface area contributed by atoms with E-state index in [1.54, 1.807) is 6.20 Å². The van der Waals surface area contributed by atoms with Crippen molar-refractivity contribution >= 4 is 5.69 Å². The van der Waals surface area contributed by atoms with Gasteiger partial charge in [0.05, 0.1) is 11.9 Å². The maximum absolute atomic E-state index is 3.70. The van der Waals surface area contributed by atoms with Crippen LogP contribution in [0, 0.1) is 6.20 Å². The van der Waals surface area contributed by atoms with Crippen molar-refractivity contribution in [2.75, 3.05) is 18.5 Å². The van der Waals surface area contributed by atoms with E-state index in [1.165, 1.54) is 12.8 Å². The molecule has 1 radical (unpaired) electrons. The predicted octanol–water partition coefficient (Wildman–Crippen LogP) is 1.51. The highest BCUT2D eigenvalue weighted by Crippen LogP contribution is 2.07. The topological polar surface area (TPSA) is 29.0 Å². The van der Waals surface area contributed by atoms with Crippen molar-refractivity contribution in [1.82, 2.24) is 10.2 Å². The summed E-state index contributed by atoms with van der Waals surface area (Å²) < 4.78 is 0. The van der Waals surface area contributed by atoms with Crippen LogP contribution in [0.5, 0.6) is 0 Å². The molecule has 1 heterocycles. The largest absolute Gasteiger partial charge is 0.373 e. The van der Waals surface area contributed by atoms with Crippen LogP contribution >= 0.6 is 0 Å². The Labute approximate surface area is 73.4 Å². The van der Waals surface area contributed by atoms with Crippen molar-refractivity contribution in [3.63, 3.8) is 0 Å². The summed E-state index contributed by atoms with van der Waals surface area (Å²) in [5.41, 5.74) is 1.01. The van der Waals surface area contributed by atoms with Crippen molar-refractivity contribution < 1.29 is 0 Å². The number of rotatable bonds is 4. The molecule has 0 spiro atoms. The first-order chi connectivity index (χ1) is 5.84. The van der Waals surface area contributed by atoms with Crippen LogP contribution in [-0.4, -0.2) is 23.8 Å². The molecule has 0 aliphatic heterocycles. The van der Waals surface area contributed by atoms with Gasteiger partial charge in [-0.2, -0.15) is 5.10 Å². The summed E-state index contributed by atoms with van der Waals surface area (Å²) in [6.07, 6.45) is 6.94. The fraction of sp³-hybridized carbons (Fsp3) is 0.556.